The van der Waals surface area contributed by atoms with Crippen LogP contribution in [-0.4, -0.2) is 16.7 Å². The second-order valence-electron chi connectivity index (χ2n) is 4.28. The molecule has 0 aliphatic carbocycles. The minimum atomic E-state index is -0.0665. The first-order valence-electron chi connectivity index (χ1n) is 5.91. The van der Waals surface area contributed by atoms with E-state index in [4.69, 9.17) is 10.6 Å². The van der Waals surface area contributed by atoms with Gasteiger partial charge in [-0.25, -0.2) is 10.4 Å². The van der Waals surface area contributed by atoms with Gasteiger partial charge in [0.1, 0.15) is 11.6 Å². The van der Waals surface area contributed by atoms with E-state index in [9.17, 15) is 0 Å². The smallest absolute Gasteiger partial charge is 0.127 e. The summed E-state index contributed by atoms with van der Waals surface area (Å²) in [6.07, 6.45) is 4.36. The lowest BCUT2D eigenvalue weighted by Gasteiger charge is -2.17. The highest BCUT2D eigenvalue weighted by Gasteiger charge is 2.17. The number of methoxy groups -OCH3 is 1. The number of nitrogens with two attached hydrogens (primary N) is 1. The third-order valence-corrected chi connectivity index (χ3v) is 3.53. The van der Waals surface area contributed by atoms with Gasteiger partial charge in [0.05, 0.1) is 13.2 Å². The van der Waals surface area contributed by atoms with E-state index in [1.807, 2.05) is 36.0 Å². The largest absolute Gasteiger partial charge is 0.496 e. The van der Waals surface area contributed by atoms with Crippen molar-refractivity contribution in [3.63, 3.8) is 0 Å². The van der Waals surface area contributed by atoms with E-state index in [0.717, 1.165) is 21.6 Å². The molecule has 6 heteroatoms. The van der Waals surface area contributed by atoms with Crippen LogP contribution < -0.4 is 16.0 Å². The molecule has 1 unspecified atom stereocenters. The number of hydrogen-bond donors (Lipinski definition) is 2. The zero-order valence-corrected chi connectivity index (χ0v) is 12.5. The Morgan fingerprint density at radius 1 is 1.53 bits per heavy atom. The van der Waals surface area contributed by atoms with Crippen molar-refractivity contribution >= 4 is 15.9 Å². The fourth-order valence-electron chi connectivity index (χ4n) is 2.06. The SMILES string of the molecule is COc1ccc(Br)cc1CC(NN)c1nccn1C. The molecule has 0 aliphatic rings. The van der Waals surface area contributed by atoms with Crippen molar-refractivity contribution in [3.8, 4) is 5.75 Å². The molecule has 1 atom stereocenters. The number of hydrazine groups is 1. The Morgan fingerprint density at radius 2 is 2.32 bits per heavy atom. The Balaban J connectivity index is 2.28. The number of rotatable bonds is 5. The molecular formula is C13H17BrN4O. The Morgan fingerprint density at radius 3 is 2.89 bits per heavy atom. The van der Waals surface area contributed by atoms with E-state index in [2.05, 4.69) is 26.3 Å². The lowest BCUT2D eigenvalue weighted by molar-refractivity contribution is 0.404. The average molecular weight is 325 g/mol. The van der Waals surface area contributed by atoms with Gasteiger partial charge in [-0.3, -0.25) is 5.84 Å². The predicted octanol–water partition coefficient (Wildman–Crippen LogP) is 1.94. The zero-order valence-electron chi connectivity index (χ0n) is 10.9. The van der Waals surface area contributed by atoms with Crippen molar-refractivity contribution in [3.05, 3.63) is 46.5 Å². The molecule has 0 saturated heterocycles. The van der Waals surface area contributed by atoms with Gasteiger partial charge in [-0.1, -0.05) is 15.9 Å². The molecule has 2 rings (SSSR count). The summed E-state index contributed by atoms with van der Waals surface area (Å²) >= 11 is 3.47. The standard InChI is InChI=1S/C13H17BrN4O/c1-18-6-5-16-13(18)11(17-15)8-9-7-10(14)3-4-12(9)19-2/h3-7,11,17H,8,15H2,1-2H3. The van der Waals surface area contributed by atoms with Gasteiger partial charge in [-0.15, -0.1) is 0 Å². The van der Waals surface area contributed by atoms with Crippen LogP contribution in [0.5, 0.6) is 5.75 Å². The normalized spacial score (nSPS) is 12.4. The van der Waals surface area contributed by atoms with Gasteiger partial charge in [-0.2, -0.15) is 0 Å². The maximum absolute atomic E-state index is 5.65. The molecule has 0 aliphatic heterocycles. The molecule has 0 spiro atoms. The molecule has 1 aromatic heterocycles. The monoisotopic (exact) mass is 324 g/mol. The van der Waals surface area contributed by atoms with E-state index < -0.39 is 0 Å². The Labute approximate surface area is 120 Å². The van der Waals surface area contributed by atoms with Crippen LogP contribution in [0.15, 0.2) is 35.1 Å². The van der Waals surface area contributed by atoms with Gasteiger partial charge in [0.2, 0.25) is 0 Å². The quantitative estimate of drug-likeness (QED) is 0.651. The van der Waals surface area contributed by atoms with Crippen LogP contribution in [0.4, 0.5) is 0 Å². The van der Waals surface area contributed by atoms with Crippen LogP contribution in [-0.2, 0) is 13.5 Å². The topological polar surface area (TPSA) is 65.1 Å². The summed E-state index contributed by atoms with van der Waals surface area (Å²) in [5.74, 6) is 7.39. The number of imidazole rings is 1. The van der Waals surface area contributed by atoms with E-state index in [1.54, 1.807) is 13.3 Å². The molecule has 1 aromatic carbocycles. The van der Waals surface area contributed by atoms with Gasteiger partial charge in [-0.05, 0) is 30.2 Å². The molecule has 2 aromatic rings. The molecule has 102 valence electrons. The summed E-state index contributed by atoms with van der Waals surface area (Å²) in [6.45, 7) is 0. The molecule has 0 amide bonds. The molecule has 0 saturated carbocycles. The van der Waals surface area contributed by atoms with E-state index in [0.29, 0.717) is 6.42 Å². The first kappa shape index (κ1) is 14.0. The minimum Gasteiger partial charge on any atom is -0.496 e. The molecule has 0 bridgehead atoms. The predicted molar refractivity (Wildman–Crippen MR) is 77.7 cm³/mol. The first-order chi connectivity index (χ1) is 9.15. The second-order valence-corrected chi connectivity index (χ2v) is 5.19. The lowest BCUT2D eigenvalue weighted by Crippen LogP contribution is -2.31. The average Bonchev–Trinajstić information content (AvgIpc) is 2.82. The highest BCUT2D eigenvalue weighted by atomic mass is 79.9. The Hall–Kier alpha value is -1.37. The number of aryl methyl sites for hydroxylation is 1. The summed E-state index contributed by atoms with van der Waals surface area (Å²) in [6, 6.07) is 5.86. The van der Waals surface area contributed by atoms with Crippen LogP contribution in [0.25, 0.3) is 0 Å². The summed E-state index contributed by atoms with van der Waals surface area (Å²) < 4.78 is 8.34. The van der Waals surface area contributed by atoms with Crippen LogP contribution in [0.2, 0.25) is 0 Å². The third-order valence-electron chi connectivity index (χ3n) is 3.04. The van der Waals surface area contributed by atoms with Crippen LogP contribution >= 0.6 is 15.9 Å². The van der Waals surface area contributed by atoms with Crippen LogP contribution in [0.3, 0.4) is 0 Å². The molecular weight excluding hydrogens is 308 g/mol. The highest BCUT2D eigenvalue weighted by molar-refractivity contribution is 9.10. The summed E-state index contributed by atoms with van der Waals surface area (Å²) in [7, 11) is 3.61. The van der Waals surface area contributed by atoms with Gasteiger partial charge in [0.15, 0.2) is 0 Å². The molecule has 5 nitrogen and oxygen atoms in total. The van der Waals surface area contributed by atoms with Crippen molar-refractivity contribution in [2.24, 2.45) is 12.9 Å². The summed E-state index contributed by atoms with van der Waals surface area (Å²) in [5, 5.41) is 0. The summed E-state index contributed by atoms with van der Waals surface area (Å²) in [5.41, 5.74) is 3.88. The van der Waals surface area contributed by atoms with Crippen LogP contribution in [0, 0.1) is 0 Å². The number of halogens is 1. The van der Waals surface area contributed by atoms with Gasteiger partial charge in [0.25, 0.3) is 0 Å². The number of nitrogens with one attached hydrogen (secondary N) is 1. The lowest BCUT2D eigenvalue weighted by atomic mass is 10.0. The summed E-state index contributed by atoms with van der Waals surface area (Å²) in [4.78, 5) is 4.33. The number of hydrogen-bond acceptors (Lipinski definition) is 4. The zero-order chi connectivity index (χ0) is 13.8. The van der Waals surface area contributed by atoms with Gasteiger partial charge >= 0.3 is 0 Å². The Bertz CT molecular complexity index is 555. The number of nitrogens with zero attached hydrogens (tertiary/aromatic N) is 2. The molecule has 1 heterocycles. The van der Waals surface area contributed by atoms with E-state index in [1.165, 1.54) is 0 Å². The van der Waals surface area contributed by atoms with Crippen molar-refractivity contribution in [1.29, 1.82) is 0 Å². The molecule has 3 N–H and O–H groups in total. The van der Waals surface area contributed by atoms with Crippen molar-refractivity contribution < 1.29 is 4.74 Å². The van der Waals surface area contributed by atoms with Crippen molar-refractivity contribution in [2.75, 3.05) is 7.11 Å². The van der Waals surface area contributed by atoms with Crippen molar-refractivity contribution in [2.45, 2.75) is 12.5 Å². The molecule has 0 radical (unpaired) electrons. The molecule has 0 fully saturated rings. The maximum atomic E-state index is 5.65. The van der Waals surface area contributed by atoms with Gasteiger partial charge < -0.3 is 9.30 Å². The highest BCUT2D eigenvalue weighted by Crippen LogP contribution is 2.27. The second kappa shape index (κ2) is 6.18. The number of benzene rings is 1. The fraction of sp³-hybridized carbons (Fsp3) is 0.308. The van der Waals surface area contributed by atoms with Crippen LogP contribution in [0.1, 0.15) is 17.4 Å². The molecule has 19 heavy (non-hydrogen) atoms. The third kappa shape index (κ3) is 3.15. The fourth-order valence-corrected chi connectivity index (χ4v) is 2.47. The number of ether oxygens (including phenoxy) is 1. The first-order valence-corrected chi connectivity index (χ1v) is 6.70. The number of aromatic nitrogens is 2. The van der Waals surface area contributed by atoms with E-state index >= 15 is 0 Å². The van der Waals surface area contributed by atoms with E-state index in [-0.39, 0.29) is 6.04 Å². The van der Waals surface area contributed by atoms with Crippen molar-refractivity contribution in [1.82, 2.24) is 15.0 Å². The Kier molecular flexibility index (Phi) is 4.57. The maximum Gasteiger partial charge on any atom is 0.127 e. The van der Waals surface area contributed by atoms with Gasteiger partial charge in [0, 0.05) is 23.9 Å². The minimum absolute atomic E-state index is 0.0665.